The van der Waals surface area contributed by atoms with Crippen molar-refractivity contribution in [1.82, 2.24) is 14.9 Å². The predicted molar refractivity (Wildman–Crippen MR) is 87.7 cm³/mol. The lowest BCUT2D eigenvalue weighted by atomic mass is 10.2. The molecule has 0 aliphatic carbocycles. The largest absolute Gasteiger partial charge is 0.435 e. The number of pyridine rings is 1. The number of anilines is 1. The molecule has 0 N–H and O–H groups in total. The molecule has 124 valence electrons. The van der Waals surface area contributed by atoms with Gasteiger partial charge in [0.1, 0.15) is 11.9 Å². The van der Waals surface area contributed by atoms with Gasteiger partial charge in [-0.3, -0.25) is 4.79 Å². The van der Waals surface area contributed by atoms with Gasteiger partial charge in [0.05, 0.1) is 11.3 Å². The van der Waals surface area contributed by atoms with Crippen molar-refractivity contribution in [3.05, 3.63) is 41.2 Å². The van der Waals surface area contributed by atoms with Crippen molar-refractivity contribution in [3.63, 3.8) is 0 Å². The highest BCUT2D eigenvalue weighted by molar-refractivity contribution is 5.92. The fraction of sp³-hybridized carbons (Fsp3) is 0.412. The molecule has 1 fully saturated rings. The second-order valence-corrected chi connectivity index (χ2v) is 5.67. The fourth-order valence-corrected chi connectivity index (χ4v) is 2.72. The summed E-state index contributed by atoms with van der Waals surface area (Å²) in [7, 11) is 0. The summed E-state index contributed by atoms with van der Waals surface area (Å²) in [5.74, 6) is 1.66. The number of nitriles is 1. The Morgan fingerprint density at radius 1 is 1.33 bits per heavy atom. The molecule has 7 nitrogen and oxygen atoms in total. The SMILES string of the molecule is CCc1nc(C)c(C(=O)N2CCN(c3ccc(C#N)cn3)CC2)o1. The van der Waals surface area contributed by atoms with E-state index < -0.39 is 0 Å². The number of aromatic nitrogens is 2. The lowest BCUT2D eigenvalue weighted by molar-refractivity contribution is 0.0711. The van der Waals surface area contributed by atoms with Gasteiger partial charge in [-0.2, -0.15) is 5.26 Å². The zero-order valence-corrected chi connectivity index (χ0v) is 13.8. The highest BCUT2D eigenvalue weighted by atomic mass is 16.4. The minimum atomic E-state index is -0.105. The molecule has 0 unspecified atom stereocenters. The van der Waals surface area contributed by atoms with Gasteiger partial charge in [-0.15, -0.1) is 0 Å². The molecule has 0 bridgehead atoms. The Morgan fingerprint density at radius 3 is 2.62 bits per heavy atom. The molecule has 0 aromatic carbocycles. The topological polar surface area (TPSA) is 86.3 Å². The highest BCUT2D eigenvalue weighted by Crippen LogP contribution is 2.18. The van der Waals surface area contributed by atoms with Gasteiger partial charge in [-0.05, 0) is 19.1 Å². The predicted octanol–water partition coefficient (Wildman–Crippen LogP) is 1.77. The van der Waals surface area contributed by atoms with Gasteiger partial charge in [0, 0.05) is 38.8 Å². The average molecular weight is 325 g/mol. The van der Waals surface area contributed by atoms with Crippen LogP contribution in [0.2, 0.25) is 0 Å². The summed E-state index contributed by atoms with van der Waals surface area (Å²) < 4.78 is 5.56. The molecule has 3 heterocycles. The van der Waals surface area contributed by atoms with Crippen LogP contribution in [0.25, 0.3) is 0 Å². The number of aryl methyl sites for hydroxylation is 2. The maximum Gasteiger partial charge on any atom is 0.291 e. The molecule has 1 aliphatic rings. The van der Waals surface area contributed by atoms with Crippen LogP contribution in [0.15, 0.2) is 22.7 Å². The third-order valence-electron chi connectivity index (χ3n) is 4.11. The van der Waals surface area contributed by atoms with Gasteiger partial charge < -0.3 is 14.2 Å². The van der Waals surface area contributed by atoms with Crippen LogP contribution in [0.5, 0.6) is 0 Å². The molecule has 1 saturated heterocycles. The minimum Gasteiger partial charge on any atom is -0.435 e. The van der Waals surface area contributed by atoms with Crippen molar-refractivity contribution in [2.24, 2.45) is 0 Å². The number of carbonyl (C=O) groups excluding carboxylic acids is 1. The van der Waals surface area contributed by atoms with Crippen molar-refractivity contribution in [3.8, 4) is 6.07 Å². The molecule has 7 heteroatoms. The molecular formula is C17H19N5O2. The summed E-state index contributed by atoms with van der Waals surface area (Å²) in [5, 5.41) is 8.82. The number of piperazine rings is 1. The average Bonchev–Trinajstić information content (AvgIpc) is 3.02. The Hall–Kier alpha value is -2.88. The number of hydrogen-bond donors (Lipinski definition) is 0. The molecule has 2 aromatic rings. The summed E-state index contributed by atoms with van der Waals surface area (Å²) in [5.41, 5.74) is 1.19. The van der Waals surface area contributed by atoms with E-state index in [1.54, 1.807) is 24.1 Å². The molecule has 1 aliphatic heterocycles. The van der Waals surface area contributed by atoms with Gasteiger partial charge >= 0.3 is 0 Å². The van der Waals surface area contributed by atoms with Crippen molar-refractivity contribution in [2.75, 3.05) is 31.1 Å². The van der Waals surface area contributed by atoms with Crippen LogP contribution >= 0.6 is 0 Å². The molecule has 0 spiro atoms. The Morgan fingerprint density at radius 2 is 2.08 bits per heavy atom. The van der Waals surface area contributed by atoms with Crippen LogP contribution in [-0.4, -0.2) is 47.0 Å². The summed E-state index contributed by atoms with van der Waals surface area (Å²) in [6, 6.07) is 5.65. The Labute approximate surface area is 140 Å². The highest BCUT2D eigenvalue weighted by Gasteiger charge is 2.27. The maximum absolute atomic E-state index is 12.6. The van der Waals surface area contributed by atoms with Gasteiger partial charge in [0.25, 0.3) is 5.91 Å². The lowest BCUT2D eigenvalue weighted by Crippen LogP contribution is -2.49. The molecule has 1 amide bonds. The van der Waals surface area contributed by atoms with E-state index in [4.69, 9.17) is 9.68 Å². The van der Waals surface area contributed by atoms with Gasteiger partial charge in [0.15, 0.2) is 5.89 Å². The van der Waals surface area contributed by atoms with E-state index in [9.17, 15) is 4.79 Å². The standard InChI is InChI=1S/C17H19N5O2/c1-3-15-20-12(2)16(24-15)17(23)22-8-6-21(7-9-22)14-5-4-13(10-18)11-19-14/h4-5,11H,3,6-9H2,1-2H3. The third-order valence-corrected chi connectivity index (χ3v) is 4.11. The summed E-state index contributed by atoms with van der Waals surface area (Å²) in [6.07, 6.45) is 2.24. The van der Waals surface area contributed by atoms with E-state index in [2.05, 4.69) is 20.9 Å². The first-order valence-corrected chi connectivity index (χ1v) is 7.99. The van der Waals surface area contributed by atoms with Crippen LogP contribution in [-0.2, 0) is 6.42 Å². The molecule has 0 saturated carbocycles. The number of carbonyl (C=O) groups is 1. The van der Waals surface area contributed by atoms with Crippen molar-refractivity contribution in [2.45, 2.75) is 20.3 Å². The molecule has 3 rings (SSSR count). The van der Waals surface area contributed by atoms with Gasteiger partial charge in [-0.25, -0.2) is 9.97 Å². The van der Waals surface area contributed by atoms with Crippen molar-refractivity contribution < 1.29 is 9.21 Å². The number of hydrogen-bond acceptors (Lipinski definition) is 6. The Bertz CT molecular complexity index is 767. The van der Waals surface area contributed by atoms with Crippen molar-refractivity contribution in [1.29, 1.82) is 5.26 Å². The Kier molecular flexibility index (Phi) is 4.47. The zero-order valence-electron chi connectivity index (χ0n) is 13.8. The normalized spacial score (nSPS) is 14.5. The second-order valence-electron chi connectivity index (χ2n) is 5.67. The van der Waals surface area contributed by atoms with E-state index in [0.29, 0.717) is 55.5 Å². The minimum absolute atomic E-state index is 0.105. The lowest BCUT2D eigenvalue weighted by Gasteiger charge is -2.35. The quantitative estimate of drug-likeness (QED) is 0.855. The van der Waals surface area contributed by atoms with E-state index in [0.717, 1.165) is 5.82 Å². The monoisotopic (exact) mass is 325 g/mol. The van der Waals surface area contributed by atoms with Crippen LogP contribution in [0.4, 0.5) is 5.82 Å². The van der Waals surface area contributed by atoms with E-state index in [-0.39, 0.29) is 5.91 Å². The Balaban J connectivity index is 1.64. The second kappa shape index (κ2) is 6.71. The van der Waals surface area contributed by atoms with E-state index in [1.807, 2.05) is 13.0 Å². The molecule has 24 heavy (non-hydrogen) atoms. The molecule has 2 aromatic heterocycles. The van der Waals surface area contributed by atoms with Gasteiger partial charge in [0.2, 0.25) is 5.76 Å². The van der Waals surface area contributed by atoms with Crippen LogP contribution in [0.1, 0.15) is 34.6 Å². The summed E-state index contributed by atoms with van der Waals surface area (Å²) >= 11 is 0. The van der Waals surface area contributed by atoms with Crippen LogP contribution in [0, 0.1) is 18.3 Å². The maximum atomic E-state index is 12.6. The molecule has 0 radical (unpaired) electrons. The fourth-order valence-electron chi connectivity index (χ4n) is 2.72. The first kappa shape index (κ1) is 16.0. The number of amides is 1. The first-order valence-electron chi connectivity index (χ1n) is 7.99. The first-order chi connectivity index (χ1) is 11.6. The zero-order chi connectivity index (χ0) is 17.1. The number of rotatable bonds is 3. The number of nitrogens with zero attached hydrogens (tertiary/aromatic N) is 5. The van der Waals surface area contributed by atoms with Crippen molar-refractivity contribution >= 4 is 11.7 Å². The van der Waals surface area contributed by atoms with Crippen LogP contribution in [0.3, 0.4) is 0 Å². The third kappa shape index (κ3) is 3.08. The summed E-state index contributed by atoms with van der Waals surface area (Å²) in [4.78, 5) is 25.1. The van der Waals surface area contributed by atoms with E-state index in [1.165, 1.54) is 0 Å². The molecule has 0 atom stereocenters. The van der Waals surface area contributed by atoms with E-state index >= 15 is 0 Å². The smallest absolute Gasteiger partial charge is 0.291 e. The van der Waals surface area contributed by atoms with Crippen LogP contribution < -0.4 is 4.90 Å². The summed E-state index contributed by atoms with van der Waals surface area (Å²) in [6.45, 7) is 6.33. The molecular weight excluding hydrogens is 306 g/mol. The number of oxazole rings is 1. The van der Waals surface area contributed by atoms with Gasteiger partial charge in [-0.1, -0.05) is 6.92 Å².